The third-order valence-electron chi connectivity index (χ3n) is 2.75. The summed E-state index contributed by atoms with van der Waals surface area (Å²) in [6, 6.07) is 5.41. The molecular formula is C13H16N4O3. The van der Waals surface area contributed by atoms with E-state index in [1.54, 1.807) is 33.4 Å². The first-order chi connectivity index (χ1) is 9.62. The summed E-state index contributed by atoms with van der Waals surface area (Å²) in [6.45, 7) is 0. The molecule has 0 fully saturated rings. The summed E-state index contributed by atoms with van der Waals surface area (Å²) in [5, 5.41) is 11.5. The quantitative estimate of drug-likeness (QED) is 0.768. The lowest BCUT2D eigenvalue weighted by molar-refractivity contribution is -0.117. The molecule has 0 aliphatic carbocycles. The van der Waals surface area contributed by atoms with Crippen molar-refractivity contribution in [2.45, 2.75) is 12.8 Å². The van der Waals surface area contributed by atoms with E-state index < -0.39 is 0 Å². The summed E-state index contributed by atoms with van der Waals surface area (Å²) in [5.41, 5.74) is 0.858. The highest BCUT2D eigenvalue weighted by Gasteiger charge is 2.11. The van der Waals surface area contributed by atoms with Crippen LogP contribution in [0.1, 0.15) is 11.4 Å². The summed E-state index contributed by atoms with van der Waals surface area (Å²) in [7, 11) is 4.80. The average Bonchev–Trinajstić information content (AvgIpc) is 2.83. The zero-order valence-corrected chi connectivity index (χ0v) is 11.7. The second-order valence-corrected chi connectivity index (χ2v) is 4.28. The van der Waals surface area contributed by atoms with Gasteiger partial charge in [-0.2, -0.15) is 4.80 Å². The van der Waals surface area contributed by atoms with E-state index >= 15 is 0 Å². The number of ketones is 1. The predicted octanol–water partition coefficient (Wildman–Crippen LogP) is 0.582. The van der Waals surface area contributed by atoms with Gasteiger partial charge in [0.1, 0.15) is 5.78 Å². The smallest absolute Gasteiger partial charge is 0.182 e. The van der Waals surface area contributed by atoms with Crippen molar-refractivity contribution in [1.82, 2.24) is 20.2 Å². The van der Waals surface area contributed by atoms with Gasteiger partial charge in [0.05, 0.1) is 27.7 Å². The van der Waals surface area contributed by atoms with E-state index in [9.17, 15) is 4.79 Å². The lowest BCUT2D eigenvalue weighted by Crippen LogP contribution is -2.08. The van der Waals surface area contributed by atoms with Gasteiger partial charge in [-0.15, -0.1) is 10.2 Å². The fourth-order valence-electron chi connectivity index (χ4n) is 1.85. The molecule has 106 valence electrons. The Morgan fingerprint density at radius 1 is 1.20 bits per heavy atom. The normalized spacial score (nSPS) is 10.3. The Labute approximate surface area is 116 Å². The van der Waals surface area contributed by atoms with Crippen molar-refractivity contribution in [3.63, 3.8) is 0 Å². The average molecular weight is 276 g/mol. The monoisotopic (exact) mass is 276 g/mol. The van der Waals surface area contributed by atoms with Crippen molar-refractivity contribution in [2.75, 3.05) is 14.2 Å². The number of nitrogens with zero attached hydrogens (tertiary/aromatic N) is 4. The molecule has 1 heterocycles. The number of carbonyl (C=O) groups is 1. The standard InChI is InChI=1S/C13H16N4O3/c1-17-15-13(14-16-17)8-10(18)6-9-4-5-11(19-2)12(7-9)20-3/h4-5,7H,6,8H2,1-3H3. The third-order valence-corrected chi connectivity index (χ3v) is 2.75. The molecule has 0 bridgehead atoms. The van der Waals surface area contributed by atoms with Gasteiger partial charge in [0, 0.05) is 6.42 Å². The van der Waals surface area contributed by atoms with Crippen molar-refractivity contribution in [1.29, 1.82) is 0 Å². The second-order valence-electron chi connectivity index (χ2n) is 4.28. The van der Waals surface area contributed by atoms with E-state index in [0.717, 1.165) is 5.56 Å². The topological polar surface area (TPSA) is 79.1 Å². The van der Waals surface area contributed by atoms with E-state index in [4.69, 9.17) is 9.47 Å². The van der Waals surface area contributed by atoms with E-state index in [-0.39, 0.29) is 12.2 Å². The number of hydrogen-bond acceptors (Lipinski definition) is 6. The highest BCUT2D eigenvalue weighted by Crippen LogP contribution is 2.27. The van der Waals surface area contributed by atoms with Crippen molar-refractivity contribution >= 4 is 5.78 Å². The highest BCUT2D eigenvalue weighted by atomic mass is 16.5. The minimum absolute atomic E-state index is 0.0187. The van der Waals surface area contributed by atoms with Crippen molar-refractivity contribution in [3.8, 4) is 11.5 Å². The minimum atomic E-state index is 0.0187. The summed E-state index contributed by atoms with van der Waals surface area (Å²) in [4.78, 5) is 13.3. The molecule has 0 aliphatic rings. The molecular weight excluding hydrogens is 260 g/mol. The summed E-state index contributed by atoms with van der Waals surface area (Å²) in [5.74, 6) is 1.69. The summed E-state index contributed by atoms with van der Waals surface area (Å²) in [6.07, 6.45) is 0.459. The third kappa shape index (κ3) is 3.31. The maximum absolute atomic E-state index is 12.0. The maximum atomic E-state index is 12.0. The van der Waals surface area contributed by atoms with Gasteiger partial charge in [0.15, 0.2) is 17.3 Å². The van der Waals surface area contributed by atoms with Gasteiger partial charge < -0.3 is 9.47 Å². The highest BCUT2D eigenvalue weighted by molar-refractivity contribution is 5.82. The van der Waals surface area contributed by atoms with E-state index in [1.165, 1.54) is 4.80 Å². The fourth-order valence-corrected chi connectivity index (χ4v) is 1.85. The number of aryl methyl sites for hydroxylation is 1. The Hall–Kier alpha value is -2.44. The Balaban J connectivity index is 2.04. The molecule has 1 aromatic heterocycles. The van der Waals surface area contributed by atoms with Crippen molar-refractivity contribution in [3.05, 3.63) is 29.6 Å². The van der Waals surface area contributed by atoms with Gasteiger partial charge in [-0.3, -0.25) is 4.79 Å². The number of aromatic nitrogens is 4. The first-order valence-corrected chi connectivity index (χ1v) is 6.08. The van der Waals surface area contributed by atoms with Crippen LogP contribution in [0, 0.1) is 0 Å². The molecule has 0 saturated heterocycles. The van der Waals surface area contributed by atoms with Crippen LogP contribution in [-0.4, -0.2) is 40.2 Å². The van der Waals surface area contributed by atoms with Gasteiger partial charge in [-0.1, -0.05) is 6.07 Å². The van der Waals surface area contributed by atoms with Crippen molar-refractivity contribution < 1.29 is 14.3 Å². The minimum Gasteiger partial charge on any atom is -0.493 e. The predicted molar refractivity (Wildman–Crippen MR) is 70.8 cm³/mol. The van der Waals surface area contributed by atoms with Crippen molar-refractivity contribution in [2.24, 2.45) is 7.05 Å². The second kappa shape index (κ2) is 6.14. The van der Waals surface area contributed by atoms with Gasteiger partial charge in [-0.05, 0) is 22.9 Å². The number of hydrogen-bond donors (Lipinski definition) is 0. The number of carbonyl (C=O) groups excluding carboxylic acids is 1. The first kappa shape index (κ1) is 14.0. The molecule has 0 unspecified atom stereocenters. The summed E-state index contributed by atoms with van der Waals surface area (Å²) < 4.78 is 10.4. The van der Waals surface area contributed by atoms with Crippen LogP contribution in [0.15, 0.2) is 18.2 Å². The Bertz CT molecular complexity index is 609. The van der Waals surface area contributed by atoms with Gasteiger partial charge in [0.25, 0.3) is 0 Å². The molecule has 2 rings (SSSR count). The summed E-state index contributed by atoms with van der Waals surface area (Å²) >= 11 is 0. The number of Topliss-reactive ketones (excluding diaryl/α,β-unsaturated/α-hetero) is 1. The molecule has 0 saturated carbocycles. The van der Waals surface area contributed by atoms with Crippen LogP contribution >= 0.6 is 0 Å². The molecule has 0 atom stereocenters. The van der Waals surface area contributed by atoms with E-state index in [2.05, 4.69) is 15.4 Å². The maximum Gasteiger partial charge on any atom is 0.182 e. The van der Waals surface area contributed by atoms with Crippen LogP contribution in [0.4, 0.5) is 0 Å². The SMILES string of the molecule is COc1ccc(CC(=O)Cc2nnn(C)n2)cc1OC. The first-order valence-electron chi connectivity index (χ1n) is 6.08. The van der Waals surface area contributed by atoms with Crippen LogP contribution < -0.4 is 9.47 Å². The fraction of sp³-hybridized carbons (Fsp3) is 0.385. The lowest BCUT2D eigenvalue weighted by atomic mass is 10.1. The Morgan fingerprint density at radius 3 is 2.55 bits per heavy atom. The zero-order valence-electron chi connectivity index (χ0n) is 11.7. The lowest BCUT2D eigenvalue weighted by Gasteiger charge is -2.08. The molecule has 1 aromatic carbocycles. The van der Waals surface area contributed by atoms with Gasteiger partial charge in [-0.25, -0.2) is 0 Å². The molecule has 0 N–H and O–H groups in total. The molecule has 7 heteroatoms. The van der Waals surface area contributed by atoms with E-state index in [1.807, 2.05) is 6.07 Å². The van der Waals surface area contributed by atoms with Crippen LogP contribution in [0.25, 0.3) is 0 Å². The van der Waals surface area contributed by atoms with Crippen LogP contribution in [0.5, 0.6) is 11.5 Å². The van der Waals surface area contributed by atoms with Gasteiger partial charge >= 0.3 is 0 Å². The number of tetrazole rings is 1. The molecule has 0 radical (unpaired) electrons. The number of benzene rings is 1. The molecule has 0 amide bonds. The molecule has 20 heavy (non-hydrogen) atoms. The number of rotatable bonds is 6. The number of ether oxygens (including phenoxy) is 2. The van der Waals surface area contributed by atoms with Crippen LogP contribution in [-0.2, 0) is 24.7 Å². The molecule has 0 spiro atoms. The largest absolute Gasteiger partial charge is 0.493 e. The number of methoxy groups -OCH3 is 2. The van der Waals surface area contributed by atoms with Gasteiger partial charge in [0.2, 0.25) is 0 Å². The Kier molecular flexibility index (Phi) is 4.29. The zero-order chi connectivity index (χ0) is 14.5. The van der Waals surface area contributed by atoms with Crippen LogP contribution in [0.2, 0.25) is 0 Å². The van der Waals surface area contributed by atoms with Crippen LogP contribution in [0.3, 0.4) is 0 Å². The molecule has 0 aliphatic heterocycles. The van der Waals surface area contributed by atoms with E-state index in [0.29, 0.717) is 23.7 Å². The Morgan fingerprint density at radius 2 is 1.95 bits per heavy atom. The molecule has 2 aromatic rings. The molecule has 7 nitrogen and oxygen atoms in total.